The Morgan fingerprint density at radius 3 is 2.21 bits per heavy atom. The van der Waals surface area contributed by atoms with E-state index in [4.69, 9.17) is 14.2 Å². The van der Waals surface area contributed by atoms with Gasteiger partial charge < -0.3 is 19.3 Å². The normalized spacial score (nSPS) is 46.0. The number of esters is 3. The van der Waals surface area contributed by atoms with E-state index in [1.165, 1.54) is 20.8 Å². The molecule has 4 fully saturated rings. The predicted molar refractivity (Wildman–Crippen MR) is 120 cm³/mol. The molecule has 0 aliphatic heterocycles. The van der Waals surface area contributed by atoms with Crippen molar-refractivity contribution in [2.24, 2.45) is 34.0 Å². The van der Waals surface area contributed by atoms with Crippen LogP contribution in [0.3, 0.4) is 0 Å². The largest absolute Gasteiger partial charge is 0.465 e. The van der Waals surface area contributed by atoms with Crippen molar-refractivity contribution in [3.63, 3.8) is 0 Å². The fourth-order valence-electron chi connectivity index (χ4n) is 8.82. The van der Waals surface area contributed by atoms with E-state index in [0.29, 0.717) is 19.4 Å². The summed E-state index contributed by atoms with van der Waals surface area (Å²) in [6.45, 7) is 9.25. The van der Waals surface area contributed by atoms with Gasteiger partial charge in [0, 0.05) is 31.6 Å². The summed E-state index contributed by atoms with van der Waals surface area (Å²) in [5.74, 6) is -0.391. The molecule has 7 heteroatoms. The molecule has 33 heavy (non-hydrogen) atoms. The minimum Gasteiger partial charge on any atom is -0.465 e. The molecule has 4 aliphatic rings. The third-order valence-corrected chi connectivity index (χ3v) is 9.95. The molecular weight excluding hydrogens is 424 g/mol. The van der Waals surface area contributed by atoms with Crippen molar-refractivity contribution in [2.45, 2.75) is 97.7 Å². The van der Waals surface area contributed by atoms with Gasteiger partial charge in [0.1, 0.15) is 18.3 Å². The van der Waals surface area contributed by atoms with Crippen LogP contribution in [0, 0.1) is 34.0 Å². The molecule has 1 N–H and O–H groups in total. The van der Waals surface area contributed by atoms with Gasteiger partial charge in [-0.2, -0.15) is 0 Å². The van der Waals surface area contributed by atoms with E-state index < -0.39 is 5.60 Å². The fourth-order valence-corrected chi connectivity index (χ4v) is 8.82. The molecule has 0 amide bonds. The number of ether oxygens (including phenoxy) is 3. The van der Waals surface area contributed by atoms with Crippen LogP contribution in [0.15, 0.2) is 0 Å². The molecule has 8 atom stereocenters. The molecule has 0 radical (unpaired) electrons. The van der Waals surface area contributed by atoms with E-state index in [-0.39, 0.29) is 64.6 Å². The summed E-state index contributed by atoms with van der Waals surface area (Å²) in [4.78, 5) is 35.4. The second-order valence-electron chi connectivity index (χ2n) is 12.0. The number of hydrogen-bond donors (Lipinski definition) is 1. The van der Waals surface area contributed by atoms with Crippen LogP contribution in [0.1, 0.15) is 86.0 Å². The lowest BCUT2D eigenvalue weighted by Crippen LogP contribution is -2.63. The van der Waals surface area contributed by atoms with Crippen LogP contribution in [0.5, 0.6) is 0 Å². The monoisotopic (exact) mass is 464 g/mol. The van der Waals surface area contributed by atoms with Crippen molar-refractivity contribution in [3.8, 4) is 0 Å². The minimum absolute atomic E-state index is 0.00142. The lowest BCUT2D eigenvalue weighted by molar-refractivity contribution is -0.221. The zero-order valence-corrected chi connectivity index (χ0v) is 20.8. The Kier molecular flexibility index (Phi) is 6.12. The predicted octanol–water partition coefficient (Wildman–Crippen LogP) is 3.80. The molecule has 0 aromatic heterocycles. The highest BCUT2D eigenvalue weighted by Crippen LogP contribution is 2.73. The summed E-state index contributed by atoms with van der Waals surface area (Å²) in [5.41, 5.74) is -1.59. The van der Waals surface area contributed by atoms with Crippen molar-refractivity contribution in [1.82, 2.24) is 0 Å². The minimum atomic E-state index is -1.09. The van der Waals surface area contributed by atoms with Gasteiger partial charge in [-0.25, -0.2) is 0 Å². The summed E-state index contributed by atoms with van der Waals surface area (Å²) in [6.07, 6.45) is 6.65. The quantitative estimate of drug-likeness (QED) is 0.488. The molecule has 0 heterocycles. The number of carbonyl (C=O) groups excluding carboxylic acids is 3. The van der Waals surface area contributed by atoms with E-state index >= 15 is 0 Å². The lowest BCUT2D eigenvalue weighted by atomic mass is 9.40. The van der Waals surface area contributed by atoms with E-state index in [9.17, 15) is 19.5 Å². The average Bonchev–Trinajstić information content (AvgIpc) is 2.93. The first-order valence-corrected chi connectivity index (χ1v) is 12.5. The van der Waals surface area contributed by atoms with Crippen LogP contribution in [0.4, 0.5) is 0 Å². The molecule has 0 saturated heterocycles. The van der Waals surface area contributed by atoms with Crippen LogP contribution in [-0.4, -0.2) is 47.9 Å². The molecule has 2 bridgehead atoms. The number of carbonyl (C=O) groups is 3. The summed E-state index contributed by atoms with van der Waals surface area (Å²) in [5, 5.41) is 11.6. The van der Waals surface area contributed by atoms with E-state index in [1.54, 1.807) is 0 Å². The first kappa shape index (κ1) is 24.5. The Hall–Kier alpha value is -1.63. The summed E-state index contributed by atoms with van der Waals surface area (Å²) in [6, 6.07) is 0. The number of hydrogen-bond acceptors (Lipinski definition) is 7. The van der Waals surface area contributed by atoms with Gasteiger partial charge in [0.05, 0.1) is 6.61 Å². The SMILES string of the molecule is CC(=O)OC[C@@]1(C)CCC[C@]2(C)[C@@H]1C[C@H](OC(C)=O)[C@@]13C[C@@H](CC[C@@H]21)[C@@](O)(COC(C)=O)C3. The van der Waals surface area contributed by atoms with Crippen LogP contribution >= 0.6 is 0 Å². The number of aliphatic hydroxyl groups is 1. The zero-order chi connectivity index (χ0) is 24.2. The van der Waals surface area contributed by atoms with E-state index in [0.717, 1.165) is 38.5 Å². The lowest BCUT2D eigenvalue weighted by Gasteiger charge is -2.65. The van der Waals surface area contributed by atoms with Gasteiger partial charge in [-0.1, -0.05) is 20.3 Å². The molecule has 4 aliphatic carbocycles. The molecule has 4 rings (SSSR count). The molecule has 0 aromatic rings. The summed E-state index contributed by atoms with van der Waals surface area (Å²) in [7, 11) is 0. The van der Waals surface area contributed by atoms with Crippen LogP contribution in [0.2, 0.25) is 0 Å². The zero-order valence-electron chi connectivity index (χ0n) is 20.8. The third kappa shape index (κ3) is 3.98. The number of fused-ring (bicyclic) bond motifs is 3. The van der Waals surface area contributed by atoms with Gasteiger partial charge in [-0.05, 0) is 68.1 Å². The Morgan fingerprint density at radius 1 is 0.909 bits per heavy atom. The number of rotatable bonds is 5. The van der Waals surface area contributed by atoms with Gasteiger partial charge in [-0.15, -0.1) is 0 Å². The average molecular weight is 465 g/mol. The van der Waals surface area contributed by atoms with Gasteiger partial charge in [-0.3, -0.25) is 14.4 Å². The van der Waals surface area contributed by atoms with E-state index in [2.05, 4.69) is 13.8 Å². The van der Waals surface area contributed by atoms with E-state index in [1.807, 2.05) is 0 Å². The Labute approximate surface area is 196 Å². The standard InChI is InChI=1S/C26H40O7/c1-16(27)31-14-23(4)9-6-10-24(5)20-8-7-19-12-25(20,13-26(19,30)15-32-17(2)28)22(11-21(23)24)33-18(3)29/h19-22,30H,6-15H2,1-5H3/t19-,20+,21-,22+,23-,24+,25-,26+/m1/s1. The maximum absolute atomic E-state index is 12.2. The maximum Gasteiger partial charge on any atom is 0.302 e. The van der Waals surface area contributed by atoms with Gasteiger partial charge in [0.15, 0.2) is 0 Å². The van der Waals surface area contributed by atoms with Gasteiger partial charge >= 0.3 is 17.9 Å². The Morgan fingerprint density at radius 2 is 1.58 bits per heavy atom. The smallest absolute Gasteiger partial charge is 0.302 e. The Bertz CT molecular complexity index is 825. The topological polar surface area (TPSA) is 99.1 Å². The first-order chi connectivity index (χ1) is 15.3. The maximum atomic E-state index is 12.2. The molecular formula is C26H40O7. The van der Waals surface area contributed by atoms with Crippen molar-refractivity contribution in [2.75, 3.05) is 13.2 Å². The first-order valence-electron chi connectivity index (χ1n) is 12.5. The highest BCUT2D eigenvalue weighted by molar-refractivity contribution is 5.67. The molecule has 0 aromatic carbocycles. The molecule has 0 unspecified atom stereocenters. The van der Waals surface area contributed by atoms with Crippen molar-refractivity contribution < 1.29 is 33.7 Å². The highest BCUT2D eigenvalue weighted by atomic mass is 16.6. The molecule has 4 saturated carbocycles. The summed E-state index contributed by atoms with van der Waals surface area (Å²) >= 11 is 0. The van der Waals surface area contributed by atoms with Crippen molar-refractivity contribution in [1.29, 1.82) is 0 Å². The van der Waals surface area contributed by atoms with Crippen LogP contribution in [0.25, 0.3) is 0 Å². The second kappa shape index (κ2) is 8.24. The van der Waals surface area contributed by atoms with Crippen LogP contribution < -0.4 is 0 Å². The summed E-state index contributed by atoms with van der Waals surface area (Å²) < 4.78 is 16.9. The van der Waals surface area contributed by atoms with Gasteiger partial charge in [0.2, 0.25) is 0 Å². The second-order valence-corrected chi connectivity index (χ2v) is 12.0. The van der Waals surface area contributed by atoms with Gasteiger partial charge in [0.25, 0.3) is 0 Å². The fraction of sp³-hybridized carbons (Fsp3) is 0.885. The third-order valence-electron chi connectivity index (χ3n) is 9.95. The molecule has 186 valence electrons. The van der Waals surface area contributed by atoms with Crippen LogP contribution in [-0.2, 0) is 28.6 Å². The highest BCUT2D eigenvalue weighted by Gasteiger charge is 2.71. The van der Waals surface area contributed by atoms with Crippen molar-refractivity contribution in [3.05, 3.63) is 0 Å². The van der Waals surface area contributed by atoms with Crippen molar-refractivity contribution >= 4 is 17.9 Å². The molecule has 7 nitrogen and oxygen atoms in total. The Balaban J connectivity index is 1.72. The molecule has 1 spiro atoms.